The summed E-state index contributed by atoms with van der Waals surface area (Å²) >= 11 is 0. The Hall–Kier alpha value is -3.22. The van der Waals surface area contributed by atoms with Crippen LogP contribution in [0.3, 0.4) is 0 Å². The third-order valence-electron chi connectivity index (χ3n) is 3.60. The molecule has 0 aliphatic carbocycles. The largest absolute Gasteiger partial charge is 0.344 e. The lowest BCUT2D eigenvalue weighted by Gasteiger charge is -2.17. The molecule has 2 N–H and O–H groups in total. The molecule has 3 rings (SSSR count). The number of urea groups is 1. The average molecular weight is 323 g/mol. The summed E-state index contributed by atoms with van der Waals surface area (Å²) < 4.78 is 0. The van der Waals surface area contributed by atoms with Crippen LogP contribution in [0.4, 0.5) is 10.7 Å². The first-order chi connectivity index (χ1) is 11.6. The van der Waals surface area contributed by atoms with Crippen molar-refractivity contribution < 1.29 is 9.59 Å². The van der Waals surface area contributed by atoms with Crippen LogP contribution in [0.25, 0.3) is 6.08 Å². The van der Waals surface area contributed by atoms with Crippen molar-refractivity contribution in [2.75, 3.05) is 18.5 Å². The fraction of sp³-hybridized carbons (Fsp3) is 0.176. The van der Waals surface area contributed by atoms with E-state index < -0.39 is 11.9 Å². The number of hydrogen-bond acceptors (Lipinski definition) is 5. The molecule has 0 bridgehead atoms. The molecular formula is C17H17N5O2. The summed E-state index contributed by atoms with van der Waals surface area (Å²) in [5.41, 5.74) is 1.98. The van der Waals surface area contributed by atoms with Crippen LogP contribution in [0.15, 0.2) is 48.3 Å². The molecule has 122 valence electrons. The first-order valence-corrected chi connectivity index (χ1v) is 7.54. The number of rotatable bonds is 5. The van der Waals surface area contributed by atoms with Gasteiger partial charge in [0.15, 0.2) is 0 Å². The number of anilines is 1. The van der Waals surface area contributed by atoms with E-state index in [0.29, 0.717) is 11.6 Å². The van der Waals surface area contributed by atoms with Gasteiger partial charge in [0.25, 0.3) is 5.91 Å². The van der Waals surface area contributed by atoms with Crippen molar-refractivity contribution in [3.63, 3.8) is 0 Å². The van der Waals surface area contributed by atoms with Crippen molar-refractivity contribution in [1.82, 2.24) is 20.6 Å². The van der Waals surface area contributed by atoms with Gasteiger partial charge in [-0.05, 0) is 24.1 Å². The van der Waals surface area contributed by atoms with Crippen LogP contribution < -0.4 is 15.5 Å². The molecule has 0 radical (unpaired) electrons. The Bertz CT molecular complexity index is 789. The lowest BCUT2D eigenvalue weighted by molar-refractivity contribution is -0.115. The highest BCUT2D eigenvalue weighted by Crippen LogP contribution is 2.11. The Kier molecular flexibility index (Phi) is 4.51. The maximum absolute atomic E-state index is 11.6. The minimum absolute atomic E-state index is 0.177. The number of carbonyl (C=O) groups is 2. The molecule has 0 spiro atoms. The summed E-state index contributed by atoms with van der Waals surface area (Å²) in [5.74, 6) is 0.0996. The molecule has 2 aromatic rings. The highest BCUT2D eigenvalue weighted by atomic mass is 16.2. The lowest BCUT2D eigenvalue weighted by Crippen LogP contribution is -2.22. The smallest absolute Gasteiger partial charge is 0.326 e. The predicted molar refractivity (Wildman–Crippen MR) is 90.1 cm³/mol. The van der Waals surface area contributed by atoms with E-state index >= 15 is 0 Å². The van der Waals surface area contributed by atoms with E-state index in [4.69, 9.17) is 0 Å². The Morgan fingerprint density at radius 3 is 2.62 bits per heavy atom. The molecule has 0 unspecified atom stereocenters. The number of amides is 3. The highest BCUT2D eigenvalue weighted by molar-refractivity contribution is 6.13. The second-order valence-corrected chi connectivity index (χ2v) is 5.40. The number of nitrogens with zero attached hydrogens (tertiary/aromatic N) is 3. The van der Waals surface area contributed by atoms with Crippen LogP contribution in [0, 0.1) is 0 Å². The third-order valence-corrected chi connectivity index (χ3v) is 3.60. The zero-order chi connectivity index (χ0) is 16.9. The third kappa shape index (κ3) is 3.75. The van der Waals surface area contributed by atoms with E-state index in [2.05, 4.69) is 32.7 Å². The molecule has 0 atom stereocenters. The van der Waals surface area contributed by atoms with E-state index in [-0.39, 0.29) is 5.70 Å². The fourth-order valence-electron chi connectivity index (χ4n) is 2.30. The van der Waals surface area contributed by atoms with Crippen LogP contribution in [-0.2, 0) is 11.2 Å². The summed E-state index contributed by atoms with van der Waals surface area (Å²) in [6, 6.07) is 11.3. The van der Waals surface area contributed by atoms with Gasteiger partial charge in [0.2, 0.25) is 5.95 Å². The van der Waals surface area contributed by atoms with Gasteiger partial charge >= 0.3 is 6.03 Å². The normalized spacial score (nSPS) is 15.3. The number of likely N-dealkylation sites (N-methyl/N-ethyl adjacent to an activating group) is 1. The van der Waals surface area contributed by atoms with Crippen molar-refractivity contribution in [3.05, 3.63) is 59.5 Å². The van der Waals surface area contributed by atoms with Crippen LogP contribution in [0.5, 0.6) is 0 Å². The van der Waals surface area contributed by atoms with Gasteiger partial charge in [0.05, 0.1) is 5.69 Å². The zero-order valence-corrected chi connectivity index (χ0v) is 13.2. The summed E-state index contributed by atoms with van der Waals surface area (Å²) in [6.07, 6.45) is 4.03. The van der Waals surface area contributed by atoms with Gasteiger partial charge in [-0.2, -0.15) is 0 Å². The van der Waals surface area contributed by atoms with E-state index in [1.807, 2.05) is 30.1 Å². The van der Waals surface area contributed by atoms with Crippen molar-refractivity contribution >= 4 is 24.0 Å². The quantitative estimate of drug-likeness (QED) is 0.640. The predicted octanol–water partition coefficient (Wildman–Crippen LogP) is 1.34. The molecule has 3 amide bonds. The van der Waals surface area contributed by atoms with E-state index in [1.165, 1.54) is 11.6 Å². The Labute approximate surface area is 139 Å². The van der Waals surface area contributed by atoms with Gasteiger partial charge in [0, 0.05) is 19.8 Å². The number of benzene rings is 1. The monoisotopic (exact) mass is 323 g/mol. The second-order valence-electron chi connectivity index (χ2n) is 5.40. The highest BCUT2D eigenvalue weighted by Gasteiger charge is 2.22. The number of carbonyl (C=O) groups excluding carboxylic acids is 2. The summed E-state index contributed by atoms with van der Waals surface area (Å²) in [4.78, 5) is 33.3. The molecule has 7 nitrogen and oxygen atoms in total. The second kappa shape index (κ2) is 6.91. The number of hydrogen-bond donors (Lipinski definition) is 2. The average Bonchev–Trinajstić information content (AvgIpc) is 2.91. The molecule has 1 aliphatic rings. The number of imide groups is 1. The van der Waals surface area contributed by atoms with Crippen LogP contribution >= 0.6 is 0 Å². The standard InChI is InChI=1S/C17H17N5O2/c1-22(10-8-12-5-3-2-4-6-12)16-18-9-7-13(19-16)11-14-15(23)21-17(24)20-14/h2-7,9,11H,8,10H2,1H3,(H2,20,21,23,24). The molecule has 24 heavy (non-hydrogen) atoms. The fourth-order valence-corrected chi connectivity index (χ4v) is 2.30. The van der Waals surface area contributed by atoms with E-state index in [1.54, 1.807) is 12.3 Å². The van der Waals surface area contributed by atoms with Crippen molar-refractivity contribution in [1.29, 1.82) is 0 Å². The van der Waals surface area contributed by atoms with Gasteiger partial charge in [-0.3, -0.25) is 10.1 Å². The van der Waals surface area contributed by atoms with Gasteiger partial charge in [-0.25, -0.2) is 14.8 Å². The molecule has 1 aliphatic heterocycles. The maximum Gasteiger partial charge on any atom is 0.326 e. The van der Waals surface area contributed by atoms with Crippen molar-refractivity contribution in [2.45, 2.75) is 6.42 Å². The van der Waals surface area contributed by atoms with Crippen LogP contribution in [0.2, 0.25) is 0 Å². The van der Waals surface area contributed by atoms with Gasteiger partial charge in [0.1, 0.15) is 5.70 Å². The molecule has 1 saturated heterocycles. The summed E-state index contributed by atoms with van der Waals surface area (Å²) in [5, 5.41) is 4.59. The SMILES string of the molecule is CN(CCc1ccccc1)c1nccc(C=C2NC(=O)NC2=O)n1. The van der Waals surface area contributed by atoms with Crippen LogP contribution in [0.1, 0.15) is 11.3 Å². The van der Waals surface area contributed by atoms with Crippen molar-refractivity contribution in [2.24, 2.45) is 0 Å². The Morgan fingerprint density at radius 1 is 1.12 bits per heavy atom. The Balaban J connectivity index is 1.69. The molecule has 1 aromatic heterocycles. The van der Waals surface area contributed by atoms with Gasteiger partial charge < -0.3 is 10.2 Å². The van der Waals surface area contributed by atoms with Crippen molar-refractivity contribution in [3.8, 4) is 0 Å². The molecule has 1 aromatic carbocycles. The molecule has 0 saturated carbocycles. The molecule has 2 heterocycles. The van der Waals surface area contributed by atoms with Gasteiger partial charge in [-0.15, -0.1) is 0 Å². The number of nitrogens with one attached hydrogen (secondary N) is 2. The molecule has 1 fully saturated rings. The topological polar surface area (TPSA) is 87.2 Å². The first kappa shape index (κ1) is 15.7. The van der Waals surface area contributed by atoms with E-state index in [9.17, 15) is 9.59 Å². The number of aromatic nitrogens is 2. The minimum Gasteiger partial charge on any atom is -0.344 e. The minimum atomic E-state index is -0.527. The van der Waals surface area contributed by atoms with Gasteiger partial charge in [-0.1, -0.05) is 30.3 Å². The molecule has 7 heteroatoms. The maximum atomic E-state index is 11.6. The first-order valence-electron chi connectivity index (χ1n) is 7.54. The van der Waals surface area contributed by atoms with E-state index in [0.717, 1.165) is 13.0 Å². The van der Waals surface area contributed by atoms with Crippen LogP contribution in [-0.4, -0.2) is 35.5 Å². The summed E-state index contributed by atoms with van der Waals surface area (Å²) in [7, 11) is 1.92. The Morgan fingerprint density at radius 2 is 1.92 bits per heavy atom. The summed E-state index contributed by atoms with van der Waals surface area (Å²) in [6.45, 7) is 0.765. The lowest BCUT2D eigenvalue weighted by atomic mass is 10.1. The zero-order valence-electron chi connectivity index (χ0n) is 13.2. The molecular weight excluding hydrogens is 306 g/mol.